The lowest BCUT2D eigenvalue weighted by atomic mass is 9.67. The van der Waals surface area contributed by atoms with Gasteiger partial charge >= 0.3 is 0 Å². The van der Waals surface area contributed by atoms with E-state index in [4.69, 9.17) is 0 Å². The Morgan fingerprint density at radius 1 is 0.368 bits per heavy atom. The zero-order valence-electron chi connectivity index (χ0n) is 37.9. The molecule has 0 N–H and O–H groups in total. The molecule has 0 unspecified atom stereocenters. The maximum atomic E-state index is 2.51. The minimum absolute atomic E-state index is 0.0674. The molecule has 0 saturated heterocycles. The van der Waals surface area contributed by atoms with Crippen molar-refractivity contribution in [1.29, 1.82) is 0 Å². The molecule has 12 aromatic rings. The lowest BCUT2D eigenvalue weighted by Crippen LogP contribution is -2.28. The summed E-state index contributed by atoms with van der Waals surface area (Å²) >= 11 is 1.92. The van der Waals surface area contributed by atoms with E-state index in [0.29, 0.717) is 0 Å². The van der Waals surface area contributed by atoms with E-state index in [1.807, 2.05) is 11.3 Å². The van der Waals surface area contributed by atoms with E-state index in [1.54, 1.807) is 0 Å². The third kappa shape index (κ3) is 5.50. The van der Waals surface area contributed by atoms with Crippen LogP contribution in [0.1, 0.15) is 47.2 Å². The third-order valence-corrected chi connectivity index (χ3v) is 16.5. The monoisotopic (exact) mass is 883 g/mol. The first-order chi connectivity index (χ1) is 33.5. The molecule has 0 spiro atoms. The summed E-state index contributed by atoms with van der Waals surface area (Å²) in [4.78, 5) is 2.51. The maximum absolute atomic E-state index is 2.51. The van der Waals surface area contributed by atoms with Crippen LogP contribution in [0.25, 0.3) is 75.1 Å². The minimum Gasteiger partial charge on any atom is -0.310 e. The summed E-state index contributed by atoms with van der Waals surface area (Å²) in [6.45, 7) is 4.72. The van der Waals surface area contributed by atoms with Crippen molar-refractivity contribution >= 4 is 70.1 Å². The van der Waals surface area contributed by atoms with Crippen LogP contribution in [0.15, 0.2) is 237 Å². The van der Waals surface area contributed by atoms with Crippen LogP contribution in [0.2, 0.25) is 0 Å². The standard InChI is InChI=1S/C66H45NS/c1-65(2)57-27-15-13-24-51(57)52-35-31-43(39-60(52)65)42-29-32-47(33-30-42)67(61-40-44-17-9-10-22-49(44)50-23-11-12-25-53(50)61)48-34-37-58-56(41-48)63-59(38-36-55-54-26-14-16-28-62(54)68-64(55)63)66(58,45-18-5-3-6-19-45)46-20-7-4-8-21-46/h3-41H,1-2H3. The SMILES string of the molecule is CC1(C)c2ccccc2-c2ccc(-c3ccc(N(c4ccc5c(c4)-c4c(ccc6c4sc4ccccc46)C5(c4ccccc4)c4ccccc4)c4cc5ccccc5c5ccccc45)cc3)cc21. The Hall–Kier alpha value is -8.04. The fraction of sp³-hybridized carbons (Fsp3) is 0.0606. The zero-order valence-corrected chi connectivity index (χ0v) is 38.7. The van der Waals surface area contributed by atoms with Gasteiger partial charge < -0.3 is 4.90 Å². The summed E-state index contributed by atoms with van der Waals surface area (Å²) in [6.07, 6.45) is 0. The van der Waals surface area contributed by atoms with Crippen molar-refractivity contribution in [3.8, 4) is 33.4 Å². The van der Waals surface area contributed by atoms with E-state index in [9.17, 15) is 0 Å². The van der Waals surface area contributed by atoms with Gasteiger partial charge in [0.1, 0.15) is 0 Å². The molecule has 320 valence electrons. The topological polar surface area (TPSA) is 3.24 Å². The van der Waals surface area contributed by atoms with Crippen molar-refractivity contribution in [2.24, 2.45) is 0 Å². The molecule has 1 heterocycles. The van der Waals surface area contributed by atoms with Gasteiger partial charge in [0.2, 0.25) is 0 Å². The van der Waals surface area contributed by atoms with Crippen LogP contribution in [-0.2, 0) is 10.8 Å². The van der Waals surface area contributed by atoms with Crippen molar-refractivity contribution < 1.29 is 0 Å². The van der Waals surface area contributed by atoms with Crippen LogP contribution >= 0.6 is 11.3 Å². The van der Waals surface area contributed by atoms with Gasteiger partial charge in [-0.15, -0.1) is 11.3 Å². The average Bonchev–Trinajstić information content (AvgIpc) is 4.00. The molecule has 1 aromatic heterocycles. The van der Waals surface area contributed by atoms with Crippen LogP contribution in [0, 0.1) is 0 Å². The number of hydrogen-bond acceptors (Lipinski definition) is 2. The predicted molar refractivity (Wildman–Crippen MR) is 289 cm³/mol. The Kier molecular flexibility index (Phi) is 8.48. The van der Waals surface area contributed by atoms with Crippen LogP contribution < -0.4 is 4.90 Å². The molecule has 0 radical (unpaired) electrons. The molecule has 2 aliphatic carbocycles. The van der Waals surface area contributed by atoms with Crippen LogP contribution in [0.3, 0.4) is 0 Å². The number of benzene rings is 11. The summed E-state index contributed by atoms with van der Waals surface area (Å²) < 4.78 is 2.65. The van der Waals surface area contributed by atoms with Gasteiger partial charge in [-0.1, -0.05) is 208 Å². The highest BCUT2D eigenvalue weighted by Gasteiger charge is 2.47. The van der Waals surface area contributed by atoms with Gasteiger partial charge in [-0.2, -0.15) is 0 Å². The molecular weight excluding hydrogens is 839 g/mol. The van der Waals surface area contributed by atoms with Crippen molar-refractivity contribution in [3.05, 3.63) is 270 Å². The molecule has 11 aromatic carbocycles. The molecule has 0 amide bonds. The molecule has 0 fully saturated rings. The Balaban J connectivity index is 1.02. The molecule has 2 aliphatic rings. The highest BCUT2D eigenvalue weighted by Crippen LogP contribution is 2.60. The molecule has 0 aliphatic heterocycles. The summed E-state index contributed by atoms with van der Waals surface area (Å²) in [5.74, 6) is 0. The van der Waals surface area contributed by atoms with E-state index >= 15 is 0 Å². The normalized spacial score (nSPS) is 14.0. The van der Waals surface area contributed by atoms with Gasteiger partial charge in [-0.25, -0.2) is 0 Å². The van der Waals surface area contributed by atoms with Gasteiger partial charge in [0.25, 0.3) is 0 Å². The van der Waals surface area contributed by atoms with Crippen LogP contribution in [-0.4, -0.2) is 0 Å². The van der Waals surface area contributed by atoms with Crippen LogP contribution in [0.4, 0.5) is 17.1 Å². The van der Waals surface area contributed by atoms with Crippen molar-refractivity contribution in [1.82, 2.24) is 0 Å². The second-order valence-corrected chi connectivity index (χ2v) is 20.2. The lowest BCUT2D eigenvalue weighted by Gasteiger charge is -2.34. The Bertz CT molecular complexity index is 3950. The first-order valence-corrected chi connectivity index (χ1v) is 24.6. The van der Waals surface area contributed by atoms with Crippen molar-refractivity contribution in [2.75, 3.05) is 4.90 Å². The van der Waals surface area contributed by atoms with Gasteiger partial charge in [-0.3, -0.25) is 0 Å². The van der Waals surface area contributed by atoms with Crippen molar-refractivity contribution in [3.63, 3.8) is 0 Å². The highest BCUT2D eigenvalue weighted by molar-refractivity contribution is 7.26. The smallest absolute Gasteiger partial charge is 0.0714 e. The Labute approximate surface area is 400 Å². The molecule has 2 heteroatoms. The predicted octanol–water partition coefficient (Wildman–Crippen LogP) is 18.2. The fourth-order valence-electron chi connectivity index (χ4n) is 12.2. The first-order valence-electron chi connectivity index (χ1n) is 23.7. The fourth-order valence-corrected chi connectivity index (χ4v) is 13.5. The molecule has 68 heavy (non-hydrogen) atoms. The second-order valence-electron chi connectivity index (χ2n) is 19.2. The lowest BCUT2D eigenvalue weighted by molar-refractivity contribution is 0.660. The third-order valence-electron chi connectivity index (χ3n) is 15.3. The van der Waals surface area contributed by atoms with Gasteiger partial charge in [0.15, 0.2) is 0 Å². The summed E-state index contributed by atoms with van der Waals surface area (Å²) in [7, 11) is 0. The summed E-state index contributed by atoms with van der Waals surface area (Å²) in [5, 5.41) is 7.56. The zero-order chi connectivity index (χ0) is 45.1. The van der Waals surface area contributed by atoms with E-state index in [0.717, 1.165) is 17.1 Å². The highest BCUT2D eigenvalue weighted by atomic mass is 32.1. The number of anilines is 3. The van der Waals surface area contributed by atoms with E-state index in [1.165, 1.54) is 108 Å². The van der Waals surface area contributed by atoms with E-state index in [2.05, 4.69) is 255 Å². The van der Waals surface area contributed by atoms with E-state index < -0.39 is 5.41 Å². The van der Waals surface area contributed by atoms with Crippen LogP contribution in [0.5, 0.6) is 0 Å². The Morgan fingerprint density at radius 2 is 0.971 bits per heavy atom. The summed E-state index contributed by atoms with van der Waals surface area (Å²) in [5.41, 5.74) is 18.5. The quantitative estimate of drug-likeness (QED) is 0.150. The number of thiophene rings is 1. The number of rotatable bonds is 6. The Morgan fingerprint density at radius 3 is 1.75 bits per heavy atom. The van der Waals surface area contributed by atoms with Gasteiger partial charge in [0.05, 0.1) is 11.1 Å². The van der Waals surface area contributed by atoms with E-state index in [-0.39, 0.29) is 5.41 Å². The van der Waals surface area contributed by atoms with Gasteiger partial charge in [-0.05, 0) is 120 Å². The average molecular weight is 884 g/mol. The van der Waals surface area contributed by atoms with Gasteiger partial charge in [0, 0.05) is 47.9 Å². The largest absolute Gasteiger partial charge is 0.310 e. The molecule has 0 bridgehead atoms. The first kappa shape index (κ1) is 39.2. The minimum atomic E-state index is -0.524. The molecule has 0 saturated carbocycles. The second kappa shape index (κ2) is 14.7. The summed E-state index contributed by atoms with van der Waals surface area (Å²) in [6, 6.07) is 88.8. The molecule has 1 nitrogen and oxygen atoms in total. The molecule has 0 atom stereocenters. The number of hydrogen-bond donors (Lipinski definition) is 0. The molecular formula is C66H45NS. The molecule has 14 rings (SSSR count). The number of nitrogens with zero attached hydrogens (tertiary/aromatic N) is 1. The number of fused-ring (bicyclic) bond motifs is 13. The van der Waals surface area contributed by atoms with Crippen molar-refractivity contribution in [2.45, 2.75) is 24.7 Å². The maximum Gasteiger partial charge on any atom is 0.0714 e.